The van der Waals surface area contributed by atoms with Gasteiger partial charge in [-0.3, -0.25) is 9.78 Å². The van der Waals surface area contributed by atoms with Gasteiger partial charge in [0.05, 0.1) is 18.8 Å². The van der Waals surface area contributed by atoms with Gasteiger partial charge in [0.15, 0.2) is 0 Å². The zero-order valence-electron chi connectivity index (χ0n) is 17.1. The van der Waals surface area contributed by atoms with E-state index in [0.29, 0.717) is 12.1 Å². The largest absolute Gasteiger partial charge is 0.495 e. The summed E-state index contributed by atoms with van der Waals surface area (Å²) in [6, 6.07) is 10.1. The molecule has 1 aromatic heterocycles. The number of ether oxygens (including phenoxy) is 1. The molecule has 8 heteroatoms. The Morgan fingerprint density at radius 3 is 2.63 bits per heavy atom. The maximum atomic E-state index is 13.3. The van der Waals surface area contributed by atoms with Gasteiger partial charge in [-0.05, 0) is 56.0 Å². The second-order valence-electron chi connectivity index (χ2n) is 7.88. The van der Waals surface area contributed by atoms with Gasteiger partial charge in [0.1, 0.15) is 10.6 Å². The summed E-state index contributed by atoms with van der Waals surface area (Å²) in [4.78, 5) is 19.5. The summed E-state index contributed by atoms with van der Waals surface area (Å²) in [5, 5.41) is 0. The van der Waals surface area contributed by atoms with Gasteiger partial charge in [-0.25, -0.2) is 13.1 Å². The Balaban J connectivity index is 1.63. The van der Waals surface area contributed by atoms with Crippen molar-refractivity contribution in [2.24, 2.45) is 0 Å². The van der Waals surface area contributed by atoms with Crippen molar-refractivity contribution in [1.82, 2.24) is 14.6 Å². The maximum absolute atomic E-state index is 13.3. The van der Waals surface area contributed by atoms with E-state index in [9.17, 15) is 13.2 Å². The van der Waals surface area contributed by atoms with Crippen LogP contribution in [0.4, 0.5) is 0 Å². The minimum Gasteiger partial charge on any atom is -0.495 e. The number of carbonyl (C=O) groups excluding carboxylic acids is 1. The zero-order chi connectivity index (χ0) is 21.1. The molecule has 4 rings (SSSR count). The second-order valence-corrected chi connectivity index (χ2v) is 9.56. The lowest BCUT2D eigenvalue weighted by Gasteiger charge is -2.25. The molecule has 2 aliphatic rings. The van der Waals surface area contributed by atoms with Crippen LogP contribution in [0.2, 0.25) is 0 Å². The Bertz CT molecular complexity index is 1000. The Hall–Kier alpha value is -2.45. The average Bonchev–Trinajstić information content (AvgIpc) is 3.45. The van der Waals surface area contributed by atoms with Crippen molar-refractivity contribution in [2.75, 3.05) is 13.7 Å². The van der Waals surface area contributed by atoms with Gasteiger partial charge in [0.25, 0.3) is 5.91 Å². The lowest BCUT2D eigenvalue weighted by atomic mass is 10.1. The standard InChI is InChI=1S/C22H27N3O4S/c1-29-20-12-11-16(15-21(20)30(27,28)24-17-7-2-3-8-17)22(26)25-14-6-10-19(25)18-9-4-5-13-23-18/h4-5,9,11-13,15,17,19,24H,2-3,6-8,10,14H2,1H3. The molecule has 0 radical (unpaired) electrons. The molecule has 2 aromatic rings. The van der Waals surface area contributed by atoms with Crippen molar-refractivity contribution in [3.63, 3.8) is 0 Å². The van der Waals surface area contributed by atoms with Crippen molar-refractivity contribution in [3.8, 4) is 5.75 Å². The highest BCUT2D eigenvalue weighted by molar-refractivity contribution is 7.89. The molecule has 1 N–H and O–H groups in total. The molecular weight excluding hydrogens is 402 g/mol. The van der Waals surface area contributed by atoms with E-state index in [-0.39, 0.29) is 28.6 Å². The second kappa shape index (κ2) is 8.73. The molecule has 160 valence electrons. The van der Waals surface area contributed by atoms with Gasteiger partial charge in [0, 0.05) is 24.3 Å². The first-order valence-electron chi connectivity index (χ1n) is 10.4. The summed E-state index contributed by atoms with van der Waals surface area (Å²) < 4.78 is 34.1. The van der Waals surface area contributed by atoms with E-state index in [2.05, 4.69) is 9.71 Å². The molecule has 1 atom stereocenters. The monoisotopic (exact) mass is 429 g/mol. The summed E-state index contributed by atoms with van der Waals surface area (Å²) in [5.41, 5.74) is 1.19. The van der Waals surface area contributed by atoms with Crippen molar-refractivity contribution >= 4 is 15.9 Å². The maximum Gasteiger partial charge on any atom is 0.254 e. The number of nitrogens with one attached hydrogen (secondary N) is 1. The van der Waals surface area contributed by atoms with Crippen LogP contribution in [-0.4, -0.2) is 43.9 Å². The number of pyridine rings is 1. The number of rotatable bonds is 6. The van der Waals surface area contributed by atoms with E-state index in [0.717, 1.165) is 44.2 Å². The topological polar surface area (TPSA) is 88.6 Å². The van der Waals surface area contributed by atoms with Gasteiger partial charge in [-0.2, -0.15) is 0 Å². The van der Waals surface area contributed by atoms with E-state index < -0.39 is 10.0 Å². The smallest absolute Gasteiger partial charge is 0.254 e. The predicted octanol–water partition coefficient (Wildman–Crippen LogP) is 3.29. The number of carbonyl (C=O) groups is 1. The van der Waals surface area contributed by atoms with Crippen LogP contribution in [-0.2, 0) is 10.0 Å². The van der Waals surface area contributed by atoms with Crippen LogP contribution in [0.3, 0.4) is 0 Å². The number of benzene rings is 1. The van der Waals surface area contributed by atoms with Crippen LogP contribution < -0.4 is 9.46 Å². The highest BCUT2D eigenvalue weighted by Gasteiger charge is 2.33. The molecule has 1 aromatic carbocycles. The number of likely N-dealkylation sites (tertiary alicyclic amines) is 1. The fraction of sp³-hybridized carbons (Fsp3) is 0.455. The van der Waals surface area contributed by atoms with Gasteiger partial charge >= 0.3 is 0 Å². The van der Waals surface area contributed by atoms with E-state index >= 15 is 0 Å². The number of nitrogens with zero attached hydrogens (tertiary/aromatic N) is 2. The zero-order valence-corrected chi connectivity index (χ0v) is 17.9. The minimum absolute atomic E-state index is 0.0105. The fourth-order valence-corrected chi connectivity index (χ4v) is 5.90. The quantitative estimate of drug-likeness (QED) is 0.761. The minimum atomic E-state index is -3.79. The number of amides is 1. The summed E-state index contributed by atoms with van der Waals surface area (Å²) in [7, 11) is -2.36. The lowest BCUT2D eigenvalue weighted by molar-refractivity contribution is 0.0732. The van der Waals surface area contributed by atoms with Crippen LogP contribution in [0.5, 0.6) is 5.75 Å². The Morgan fingerprint density at radius 2 is 1.93 bits per heavy atom. The van der Waals surface area contributed by atoms with E-state index in [1.54, 1.807) is 23.2 Å². The van der Waals surface area contributed by atoms with E-state index in [1.165, 1.54) is 13.2 Å². The molecular formula is C22H27N3O4S. The Labute approximate surface area is 177 Å². The Kier molecular flexibility index (Phi) is 6.06. The average molecular weight is 430 g/mol. The Morgan fingerprint density at radius 1 is 1.13 bits per heavy atom. The lowest BCUT2D eigenvalue weighted by Crippen LogP contribution is -2.34. The number of hydrogen-bond acceptors (Lipinski definition) is 5. The summed E-state index contributed by atoms with van der Waals surface area (Å²) >= 11 is 0. The number of sulfonamides is 1. The van der Waals surface area contributed by atoms with E-state index in [1.807, 2.05) is 18.2 Å². The molecule has 30 heavy (non-hydrogen) atoms. The molecule has 1 saturated heterocycles. The third-order valence-corrected chi connectivity index (χ3v) is 7.46. The molecule has 1 unspecified atom stereocenters. The van der Waals surface area contributed by atoms with Gasteiger partial charge < -0.3 is 9.64 Å². The molecule has 2 heterocycles. The number of aromatic nitrogens is 1. The number of hydrogen-bond donors (Lipinski definition) is 1. The molecule has 1 amide bonds. The molecule has 1 aliphatic carbocycles. The summed E-state index contributed by atoms with van der Waals surface area (Å²) in [6.07, 6.45) is 7.16. The van der Waals surface area contributed by atoms with Crippen molar-refractivity contribution in [1.29, 1.82) is 0 Å². The third-order valence-electron chi connectivity index (χ3n) is 5.92. The van der Waals surface area contributed by atoms with Crippen LogP contribution >= 0.6 is 0 Å². The molecule has 1 saturated carbocycles. The van der Waals surface area contributed by atoms with Crippen molar-refractivity contribution in [2.45, 2.75) is 55.5 Å². The molecule has 2 fully saturated rings. The van der Waals surface area contributed by atoms with Crippen molar-refractivity contribution < 1.29 is 17.9 Å². The predicted molar refractivity (Wildman–Crippen MR) is 113 cm³/mol. The van der Waals surface area contributed by atoms with Crippen LogP contribution in [0.15, 0.2) is 47.5 Å². The third kappa shape index (κ3) is 4.20. The SMILES string of the molecule is COc1ccc(C(=O)N2CCCC2c2ccccn2)cc1S(=O)(=O)NC1CCCC1. The molecule has 7 nitrogen and oxygen atoms in total. The number of methoxy groups -OCH3 is 1. The van der Waals surface area contributed by atoms with Gasteiger partial charge in [-0.1, -0.05) is 18.9 Å². The highest BCUT2D eigenvalue weighted by Crippen LogP contribution is 2.33. The first-order valence-corrected chi connectivity index (χ1v) is 11.9. The first kappa shape index (κ1) is 20.8. The van der Waals surface area contributed by atoms with Crippen molar-refractivity contribution in [3.05, 3.63) is 53.9 Å². The van der Waals surface area contributed by atoms with Gasteiger partial charge in [0.2, 0.25) is 10.0 Å². The van der Waals surface area contributed by atoms with Gasteiger partial charge in [-0.15, -0.1) is 0 Å². The summed E-state index contributed by atoms with van der Waals surface area (Å²) in [6.45, 7) is 0.620. The highest BCUT2D eigenvalue weighted by atomic mass is 32.2. The van der Waals surface area contributed by atoms with Crippen LogP contribution in [0, 0.1) is 0 Å². The molecule has 0 bridgehead atoms. The van der Waals surface area contributed by atoms with Crippen LogP contribution in [0.25, 0.3) is 0 Å². The molecule has 0 spiro atoms. The first-order chi connectivity index (χ1) is 14.5. The summed E-state index contributed by atoms with van der Waals surface area (Å²) in [5.74, 6) is 0.0443. The van der Waals surface area contributed by atoms with E-state index in [4.69, 9.17) is 4.74 Å². The normalized spacial score (nSPS) is 19.9. The van der Waals surface area contributed by atoms with Crippen LogP contribution in [0.1, 0.15) is 60.6 Å². The molecule has 1 aliphatic heterocycles. The fourth-order valence-electron chi connectivity index (χ4n) is 4.40.